The molecule has 126 valence electrons. The van der Waals surface area contributed by atoms with Crippen molar-refractivity contribution in [3.05, 3.63) is 35.4 Å². The van der Waals surface area contributed by atoms with E-state index in [0.29, 0.717) is 5.41 Å². The number of piperidine rings is 1. The molecule has 1 heterocycles. The van der Waals surface area contributed by atoms with Gasteiger partial charge in [-0.05, 0) is 61.2 Å². The summed E-state index contributed by atoms with van der Waals surface area (Å²) >= 11 is 0. The van der Waals surface area contributed by atoms with E-state index in [0.717, 1.165) is 32.4 Å². The van der Waals surface area contributed by atoms with E-state index >= 15 is 0 Å². The maximum absolute atomic E-state index is 12.6. The molecule has 1 saturated heterocycles. The van der Waals surface area contributed by atoms with Crippen LogP contribution in [0.25, 0.3) is 0 Å². The van der Waals surface area contributed by atoms with Gasteiger partial charge < -0.3 is 10.6 Å². The molecule has 23 heavy (non-hydrogen) atoms. The molecule has 0 radical (unpaired) electrons. The van der Waals surface area contributed by atoms with Crippen LogP contribution in [0.2, 0.25) is 0 Å². The molecule has 1 saturated carbocycles. The Bertz CT molecular complexity index is 564. The average Bonchev–Trinajstić information content (AvgIpc) is 3.20. The molecule has 2 atom stereocenters. The number of rotatable bonds is 3. The molecule has 1 amide bonds. The van der Waals surface area contributed by atoms with Crippen molar-refractivity contribution in [1.82, 2.24) is 10.6 Å². The van der Waals surface area contributed by atoms with Gasteiger partial charge in [-0.3, -0.25) is 4.79 Å². The van der Waals surface area contributed by atoms with Crippen LogP contribution < -0.4 is 10.6 Å². The molecule has 1 spiro atoms. The Labute approximate surface area is 140 Å². The Balaban J connectivity index is 1.59. The third-order valence-corrected chi connectivity index (χ3v) is 5.74. The van der Waals surface area contributed by atoms with Gasteiger partial charge in [0.1, 0.15) is 0 Å². The standard InChI is InChI=1S/C20H30N2O/c1-14(15-5-7-16(8-6-15)19(2,3)4)22-18(23)17-13-20(17)9-11-21-12-10-20/h5-8,14,17,21H,9-13H2,1-4H3,(H,22,23). The fourth-order valence-corrected chi connectivity index (χ4v) is 3.86. The Kier molecular flexibility index (Phi) is 4.26. The lowest BCUT2D eigenvalue weighted by molar-refractivity contribution is -0.123. The van der Waals surface area contributed by atoms with Crippen molar-refractivity contribution in [2.24, 2.45) is 11.3 Å². The van der Waals surface area contributed by atoms with Crippen molar-refractivity contribution in [2.45, 2.75) is 58.4 Å². The minimum absolute atomic E-state index is 0.0795. The van der Waals surface area contributed by atoms with Crippen LogP contribution in [0.3, 0.4) is 0 Å². The van der Waals surface area contributed by atoms with E-state index in [2.05, 4.69) is 62.6 Å². The zero-order valence-corrected chi connectivity index (χ0v) is 14.9. The van der Waals surface area contributed by atoms with E-state index in [1.54, 1.807) is 0 Å². The van der Waals surface area contributed by atoms with Crippen molar-refractivity contribution in [3.8, 4) is 0 Å². The highest BCUT2D eigenvalue weighted by atomic mass is 16.2. The van der Waals surface area contributed by atoms with Crippen molar-refractivity contribution in [1.29, 1.82) is 0 Å². The third kappa shape index (κ3) is 3.45. The molecular formula is C20H30N2O. The SMILES string of the molecule is CC(NC(=O)C1CC12CCNCC2)c1ccc(C(C)(C)C)cc1. The van der Waals surface area contributed by atoms with Gasteiger partial charge in [0.15, 0.2) is 0 Å². The second-order valence-corrected chi connectivity index (χ2v) is 8.47. The topological polar surface area (TPSA) is 41.1 Å². The Morgan fingerprint density at radius 3 is 2.39 bits per heavy atom. The largest absolute Gasteiger partial charge is 0.349 e. The first kappa shape index (κ1) is 16.5. The summed E-state index contributed by atoms with van der Waals surface area (Å²) in [6.07, 6.45) is 3.38. The van der Waals surface area contributed by atoms with Gasteiger partial charge in [0.2, 0.25) is 5.91 Å². The fraction of sp³-hybridized carbons (Fsp3) is 0.650. The predicted octanol–water partition coefficient (Wildman–Crippen LogP) is 3.55. The highest BCUT2D eigenvalue weighted by Gasteiger charge is 2.57. The molecule has 1 aromatic carbocycles. The number of amides is 1. The van der Waals surface area contributed by atoms with Crippen molar-refractivity contribution < 1.29 is 4.79 Å². The Morgan fingerprint density at radius 1 is 1.22 bits per heavy atom. The normalized spacial score (nSPS) is 24.3. The monoisotopic (exact) mass is 314 g/mol. The molecular weight excluding hydrogens is 284 g/mol. The van der Waals surface area contributed by atoms with Crippen LogP contribution in [0.1, 0.15) is 64.1 Å². The Hall–Kier alpha value is -1.35. The lowest BCUT2D eigenvalue weighted by Gasteiger charge is -2.24. The molecule has 1 aromatic rings. The summed E-state index contributed by atoms with van der Waals surface area (Å²) in [5, 5.41) is 6.62. The minimum atomic E-state index is 0.0795. The van der Waals surface area contributed by atoms with Crippen LogP contribution in [0, 0.1) is 11.3 Å². The number of hydrogen-bond acceptors (Lipinski definition) is 2. The maximum atomic E-state index is 12.6. The third-order valence-electron chi connectivity index (χ3n) is 5.74. The average molecular weight is 314 g/mol. The zero-order chi connectivity index (χ0) is 16.7. The van der Waals surface area contributed by atoms with E-state index < -0.39 is 0 Å². The second kappa shape index (κ2) is 5.94. The molecule has 2 aliphatic rings. The van der Waals surface area contributed by atoms with E-state index in [9.17, 15) is 4.79 Å². The first-order chi connectivity index (χ1) is 10.8. The van der Waals surface area contributed by atoms with Crippen molar-refractivity contribution in [2.75, 3.05) is 13.1 Å². The molecule has 1 aliphatic carbocycles. The fourth-order valence-electron chi connectivity index (χ4n) is 3.86. The van der Waals surface area contributed by atoms with Gasteiger partial charge in [-0.1, -0.05) is 45.0 Å². The van der Waals surface area contributed by atoms with Crippen LogP contribution in [0.5, 0.6) is 0 Å². The predicted molar refractivity (Wildman–Crippen MR) is 94.3 cm³/mol. The van der Waals surface area contributed by atoms with Crippen LogP contribution in [-0.2, 0) is 10.2 Å². The van der Waals surface area contributed by atoms with E-state index in [4.69, 9.17) is 0 Å². The molecule has 0 bridgehead atoms. The van der Waals surface area contributed by atoms with Gasteiger partial charge in [-0.15, -0.1) is 0 Å². The van der Waals surface area contributed by atoms with Gasteiger partial charge in [-0.25, -0.2) is 0 Å². The minimum Gasteiger partial charge on any atom is -0.349 e. The Morgan fingerprint density at radius 2 is 1.83 bits per heavy atom. The first-order valence-electron chi connectivity index (χ1n) is 8.93. The summed E-state index contributed by atoms with van der Waals surface area (Å²) in [5.41, 5.74) is 2.99. The molecule has 2 unspecified atom stereocenters. The first-order valence-corrected chi connectivity index (χ1v) is 8.93. The van der Waals surface area contributed by atoms with Crippen LogP contribution in [0.4, 0.5) is 0 Å². The molecule has 3 heteroatoms. The lowest BCUT2D eigenvalue weighted by Crippen LogP contribution is -2.34. The molecule has 2 N–H and O–H groups in total. The van der Waals surface area contributed by atoms with Gasteiger partial charge in [0.05, 0.1) is 6.04 Å². The summed E-state index contributed by atoms with van der Waals surface area (Å²) in [7, 11) is 0. The molecule has 2 fully saturated rings. The van der Waals surface area contributed by atoms with Crippen LogP contribution in [0.15, 0.2) is 24.3 Å². The summed E-state index contributed by atoms with van der Waals surface area (Å²) in [4.78, 5) is 12.6. The highest BCUT2D eigenvalue weighted by Crippen LogP contribution is 2.58. The molecule has 1 aliphatic heterocycles. The summed E-state index contributed by atoms with van der Waals surface area (Å²) < 4.78 is 0. The van der Waals surface area contributed by atoms with Gasteiger partial charge in [-0.2, -0.15) is 0 Å². The molecule has 3 rings (SSSR count). The van der Waals surface area contributed by atoms with E-state index in [1.165, 1.54) is 11.1 Å². The number of nitrogens with one attached hydrogen (secondary N) is 2. The van der Waals surface area contributed by atoms with Gasteiger partial charge in [0, 0.05) is 5.92 Å². The van der Waals surface area contributed by atoms with Gasteiger partial charge >= 0.3 is 0 Å². The summed E-state index contributed by atoms with van der Waals surface area (Å²) in [6, 6.07) is 8.75. The van der Waals surface area contributed by atoms with Crippen LogP contribution >= 0.6 is 0 Å². The van der Waals surface area contributed by atoms with Crippen LogP contribution in [-0.4, -0.2) is 19.0 Å². The quantitative estimate of drug-likeness (QED) is 0.896. The highest BCUT2D eigenvalue weighted by molar-refractivity contribution is 5.83. The van der Waals surface area contributed by atoms with Gasteiger partial charge in [0.25, 0.3) is 0 Å². The number of hydrogen-bond donors (Lipinski definition) is 2. The number of benzene rings is 1. The summed E-state index contributed by atoms with van der Waals surface area (Å²) in [5.74, 6) is 0.486. The second-order valence-electron chi connectivity index (χ2n) is 8.47. The van der Waals surface area contributed by atoms with Crippen molar-refractivity contribution >= 4 is 5.91 Å². The van der Waals surface area contributed by atoms with E-state index in [1.807, 2.05) is 0 Å². The zero-order valence-electron chi connectivity index (χ0n) is 14.9. The lowest BCUT2D eigenvalue weighted by atomic mass is 9.86. The smallest absolute Gasteiger partial charge is 0.224 e. The maximum Gasteiger partial charge on any atom is 0.224 e. The van der Waals surface area contributed by atoms with E-state index in [-0.39, 0.29) is 23.3 Å². The molecule has 3 nitrogen and oxygen atoms in total. The molecule has 0 aromatic heterocycles. The summed E-state index contributed by atoms with van der Waals surface area (Å²) in [6.45, 7) is 10.9. The number of carbonyl (C=O) groups excluding carboxylic acids is 1. The number of carbonyl (C=O) groups is 1. The van der Waals surface area contributed by atoms with Crippen molar-refractivity contribution in [3.63, 3.8) is 0 Å².